The van der Waals surface area contributed by atoms with E-state index < -0.39 is 0 Å². The summed E-state index contributed by atoms with van der Waals surface area (Å²) in [6, 6.07) is 9.27. The van der Waals surface area contributed by atoms with Crippen LogP contribution in [0.3, 0.4) is 0 Å². The highest BCUT2D eigenvalue weighted by atomic mass is 16.5. The first kappa shape index (κ1) is 18.9. The maximum Gasteiger partial charge on any atom is 0.253 e. The molecule has 1 N–H and O–H groups in total. The summed E-state index contributed by atoms with van der Waals surface area (Å²) in [6.07, 6.45) is 3.39. The van der Waals surface area contributed by atoms with Crippen molar-refractivity contribution in [2.24, 2.45) is 0 Å². The number of anilines is 1. The van der Waals surface area contributed by atoms with E-state index in [4.69, 9.17) is 4.74 Å². The Bertz CT molecular complexity index is 790. The molecule has 0 saturated carbocycles. The Morgan fingerprint density at radius 2 is 1.81 bits per heavy atom. The molecule has 1 aliphatic heterocycles. The van der Waals surface area contributed by atoms with Crippen LogP contribution in [-0.2, 0) is 4.79 Å². The van der Waals surface area contributed by atoms with E-state index in [0.29, 0.717) is 24.5 Å². The van der Waals surface area contributed by atoms with Gasteiger partial charge in [-0.1, -0.05) is 0 Å². The molecule has 1 fully saturated rings. The van der Waals surface area contributed by atoms with Gasteiger partial charge in [0.25, 0.3) is 5.91 Å². The lowest BCUT2D eigenvalue weighted by atomic mass is 10.0. The van der Waals surface area contributed by atoms with Gasteiger partial charge in [0.1, 0.15) is 11.6 Å². The number of benzene rings is 1. The summed E-state index contributed by atoms with van der Waals surface area (Å²) < 4.78 is 7.47. The second-order valence-electron chi connectivity index (χ2n) is 7.06. The van der Waals surface area contributed by atoms with Crippen molar-refractivity contribution in [2.45, 2.75) is 45.8 Å². The van der Waals surface area contributed by atoms with Crippen molar-refractivity contribution in [3.8, 4) is 5.75 Å². The van der Waals surface area contributed by atoms with Crippen molar-refractivity contribution in [2.75, 3.05) is 18.4 Å². The van der Waals surface area contributed by atoms with Crippen LogP contribution >= 0.6 is 0 Å². The highest BCUT2D eigenvalue weighted by Crippen LogP contribution is 2.26. The summed E-state index contributed by atoms with van der Waals surface area (Å²) in [5, 5.41) is 7.14. The molecule has 2 aromatic rings. The molecule has 0 atom stereocenters. The van der Waals surface area contributed by atoms with Gasteiger partial charge >= 0.3 is 0 Å². The van der Waals surface area contributed by atoms with Crippen LogP contribution in [0.4, 0.5) is 5.82 Å². The molecular weight excluding hydrogens is 344 g/mol. The molecule has 0 bridgehead atoms. The fourth-order valence-corrected chi connectivity index (χ4v) is 3.33. The Hall–Kier alpha value is -2.83. The Labute approximate surface area is 159 Å². The van der Waals surface area contributed by atoms with E-state index in [1.54, 1.807) is 12.3 Å². The molecule has 0 aliphatic carbocycles. The van der Waals surface area contributed by atoms with E-state index in [1.807, 2.05) is 47.7 Å². The molecule has 2 amide bonds. The molecule has 1 aromatic carbocycles. The van der Waals surface area contributed by atoms with E-state index >= 15 is 0 Å². The van der Waals surface area contributed by atoms with Gasteiger partial charge in [0.15, 0.2) is 0 Å². The van der Waals surface area contributed by atoms with Crippen LogP contribution in [0.1, 0.15) is 50.0 Å². The van der Waals surface area contributed by atoms with E-state index in [9.17, 15) is 9.59 Å². The number of hydrogen-bond acceptors (Lipinski definition) is 4. The van der Waals surface area contributed by atoms with Crippen LogP contribution in [0.5, 0.6) is 5.75 Å². The van der Waals surface area contributed by atoms with Crippen LogP contribution in [0.25, 0.3) is 0 Å². The standard InChI is InChI=1S/C20H26N4O3/c1-14(2)27-18-6-4-16(5-7-18)20(26)23-12-9-17(10-13-23)24-19(8-11-21-24)22-15(3)25/h4-8,11,14,17H,9-10,12-13H2,1-3H3,(H,22,25). The zero-order valence-electron chi connectivity index (χ0n) is 16.0. The number of piperidine rings is 1. The summed E-state index contributed by atoms with van der Waals surface area (Å²) >= 11 is 0. The van der Waals surface area contributed by atoms with Crippen LogP contribution in [-0.4, -0.2) is 45.7 Å². The molecule has 7 nitrogen and oxygen atoms in total. The van der Waals surface area contributed by atoms with Crippen LogP contribution < -0.4 is 10.1 Å². The highest BCUT2D eigenvalue weighted by molar-refractivity contribution is 5.94. The SMILES string of the molecule is CC(=O)Nc1ccnn1C1CCN(C(=O)c2ccc(OC(C)C)cc2)CC1. The molecule has 1 saturated heterocycles. The molecule has 27 heavy (non-hydrogen) atoms. The highest BCUT2D eigenvalue weighted by Gasteiger charge is 2.26. The maximum atomic E-state index is 12.7. The van der Waals surface area contributed by atoms with Gasteiger partial charge in [0, 0.05) is 31.6 Å². The predicted octanol–water partition coefficient (Wildman–Crippen LogP) is 3.11. The Kier molecular flexibility index (Phi) is 5.78. The molecular formula is C20H26N4O3. The topological polar surface area (TPSA) is 76.5 Å². The van der Waals surface area contributed by atoms with Gasteiger partial charge in [0.2, 0.25) is 5.91 Å². The Morgan fingerprint density at radius 1 is 1.15 bits per heavy atom. The average Bonchev–Trinajstić information content (AvgIpc) is 3.09. The number of rotatable bonds is 5. The molecule has 144 valence electrons. The average molecular weight is 370 g/mol. The summed E-state index contributed by atoms with van der Waals surface area (Å²) in [7, 11) is 0. The fourth-order valence-electron chi connectivity index (χ4n) is 3.33. The number of nitrogens with one attached hydrogen (secondary N) is 1. The van der Waals surface area contributed by atoms with Crippen molar-refractivity contribution in [3.63, 3.8) is 0 Å². The van der Waals surface area contributed by atoms with Gasteiger partial charge in [-0.15, -0.1) is 0 Å². The first-order valence-electron chi connectivity index (χ1n) is 9.31. The van der Waals surface area contributed by atoms with Crippen molar-refractivity contribution in [3.05, 3.63) is 42.1 Å². The third-order valence-electron chi connectivity index (χ3n) is 4.55. The largest absolute Gasteiger partial charge is 0.491 e. The summed E-state index contributed by atoms with van der Waals surface area (Å²) in [4.78, 5) is 25.9. The quantitative estimate of drug-likeness (QED) is 0.877. The number of carbonyl (C=O) groups is 2. The first-order chi connectivity index (χ1) is 12.9. The molecule has 0 spiro atoms. The maximum absolute atomic E-state index is 12.7. The second kappa shape index (κ2) is 8.24. The lowest BCUT2D eigenvalue weighted by Gasteiger charge is -2.32. The Morgan fingerprint density at radius 3 is 2.41 bits per heavy atom. The van der Waals surface area contributed by atoms with Gasteiger partial charge in [-0.2, -0.15) is 5.10 Å². The van der Waals surface area contributed by atoms with Crippen molar-refractivity contribution < 1.29 is 14.3 Å². The van der Waals surface area contributed by atoms with Gasteiger partial charge in [-0.05, 0) is 51.0 Å². The van der Waals surface area contributed by atoms with Gasteiger partial charge < -0.3 is 15.0 Å². The lowest BCUT2D eigenvalue weighted by molar-refractivity contribution is -0.114. The van der Waals surface area contributed by atoms with Crippen LogP contribution in [0.15, 0.2) is 36.5 Å². The smallest absolute Gasteiger partial charge is 0.253 e. The number of hydrogen-bond donors (Lipinski definition) is 1. The summed E-state index contributed by atoms with van der Waals surface area (Å²) in [5.74, 6) is 1.39. The molecule has 3 rings (SSSR count). The van der Waals surface area contributed by atoms with E-state index in [-0.39, 0.29) is 24.0 Å². The number of amides is 2. The third-order valence-corrected chi connectivity index (χ3v) is 4.55. The minimum absolute atomic E-state index is 0.0343. The van der Waals surface area contributed by atoms with E-state index in [2.05, 4.69) is 10.4 Å². The van der Waals surface area contributed by atoms with E-state index in [1.165, 1.54) is 6.92 Å². The van der Waals surface area contributed by atoms with Crippen LogP contribution in [0, 0.1) is 0 Å². The normalized spacial score (nSPS) is 15.0. The predicted molar refractivity (Wildman–Crippen MR) is 103 cm³/mol. The number of ether oxygens (including phenoxy) is 1. The summed E-state index contributed by atoms with van der Waals surface area (Å²) in [5.41, 5.74) is 0.669. The Balaban J connectivity index is 1.59. The first-order valence-corrected chi connectivity index (χ1v) is 9.31. The van der Waals surface area contributed by atoms with Crippen molar-refractivity contribution >= 4 is 17.6 Å². The van der Waals surface area contributed by atoms with Gasteiger partial charge in [-0.3, -0.25) is 9.59 Å². The van der Waals surface area contributed by atoms with Gasteiger partial charge in [0.05, 0.1) is 18.3 Å². The monoisotopic (exact) mass is 370 g/mol. The molecule has 0 radical (unpaired) electrons. The molecule has 0 unspecified atom stereocenters. The number of aromatic nitrogens is 2. The minimum atomic E-state index is -0.116. The molecule has 2 heterocycles. The van der Waals surface area contributed by atoms with Crippen molar-refractivity contribution in [1.82, 2.24) is 14.7 Å². The van der Waals surface area contributed by atoms with Gasteiger partial charge in [-0.25, -0.2) is 4.68 Å². The van der Waals surface area contributed by atoms with Crippen molar-refractivity contribution in [1.29, 1.82) is 0 Å². The zero-order valence-corrected chi connectivity index (χ0v) is 16.0. The number of likely N-dealkylation sites (tertiary alicyclic amines) is 1. The summed E-state index contributed by atoms with van der Waals surface area (Å²) in [6.45, 7) is 6.75. The lowest BCUT2D eigenvalue weighted by Crippen LogP contribution is -2.39. The van der Waals surface area contributed by atoms with E-state index in [0.717, 1.165) is 18.6 Å². The molecule has 7 heteroatoms. The zero-order chi connectivity index (χ0) is 19.4. The van der Waals surface area contributed by atoms with Crippen LogP contribution in [0.2, 0.25) is 0 Å². The number of nitrogens with zero attached hydrogens (tertiary/aromatic N) is 3. The fraction of sp³-hybridized carbons (Fsp3) is 0.450. The molecule has 1 aliphatic rings. The molecule has 1 aromatic heterocycles. The second-order valence-corrected chi connectivity index (χ2v) is 7.06. The third kappa shape index (κ3) is 4.67. The number of carbonyl (C=O) groups excluding carboxylic acids is 2. The minimum Gasteiger partial charge on any atom is -0.491 e.